The molecule has 5 nitrogen and oxygen atoms in total. The minimum Gasteiger partial charge on any atom is -0.481 e. The minimum absolute atomic E-state index is 0.00599. The topological polar surface area (TPSA) is 68.5 Å². The van der Waals surface area contributed by atoms with Gasteiger partial charge in [0.05, 0.1) is 5.02 Å². The third-order valence-corrected chi connectivity index (χ3v) is 4.76. The van der Waals surface area contributed by atoms with Crippen molar-refractivity contribution in [2.45, 2.75) is 13.3 Å². The van der Waals surface area contributed by atoms with Crippen molar-refractivity contribution >= 4 is 28.4 Å². The summed E-state index contributed by atoms with van der Waals surface area (Å²) in [4.78, 5) is 18.5. The van der Waals surface area contributed by atoms with Crippen molar-refractivity contribution in [3.05, 3.63) is 35.5 Å². The molecular weight excluding hydrogens is 314 g/mol. The Morgan fingerprint density at radius 1 is 1.48 bits per heavy atom. The molecule has 3 rings (SSSR count). The first-order chi connectivity index (χ1) is 11.0. The zero-order valence-corrected chi connectivity index (χ0v) is 13.8. The Kier molecular flexibility index (Phi) is 4.41. The second-order valence-electron chi connectivity index (χ2n) is 6.31. The van der Waals surface area contributed by atoms with Crippen molar-refractivity contribution in [2.24, 2.45) is 11.1 Å². The van der Waals surface area contributed by atoms with Gasteiger partial charge in [-0.05, 0) is 42.6 Å². The van der Waals surface area contributed by atoms with E-state index in [0.717, 1.165) is 18.4 Å². The molecule has 6 heteroatoms. The fourth-order valence-electron chi connectivity index (χ4n) is 2.86. The average molecular weight is 334 g/mol. The number of aromatic nitrogens is 1. The first-order valence-electron chi connectivity index (χ1n) is 7.66. The lowest BCUT2D eigenvalue weighted by atomic mass is 9.90. The number of nitrogens with two attached hydrogens (primary N) is 1. The SMILES string of the molecule is CC1(CN)CCN(C(=O)COc2ccc(Cl)c3cccnc23)C1. The van der Waals surface area contributed by atoms with Crippen molar-refractivity contribution in [3.63, 3.8) is 0 Å². The number of amides is 1. The highest BCUT2D eigenvalue weighted by molar-refractivity contribution is 6.35. The van der Waals surface area contributed by atoms with Gasteiger partial charge < -0.3 is 15.4 Å². The lowest BCUT2D eigenvalue weighted by Gasteiger charge is -2.22. The van der Waals surface area contributed by atoms with E-state index in [1.54, 1.807) is 18.3 Å². The number of pyridine rings is 1. The predicted molar refractivity (Wildman–Crippen MR) is 90.6 cm³/mol. The van der Waals surface area contributed by atoms with Gasteiger partial charge in [0.1, 0.15) is 11.3 Å². The minimum atomic E-state index is -0.0267. The first-order valence-corrected chi connectivity index (χ1v) is 8.04. The molecule has 1 fully saturated rings. The number of carbonyl (C=O) groups is 1. The largest absolute Gasteiger partial charge is 0.481 e. The van der Waals surface area contributed by atoms with Gasteiger partial charge in [0, 0.05) is 24.7 Å². The Morgan fingerprint density at radius 3 is 3.04 bits per heavy atom. The van der Waals surface area contributed by atoms with Crippen LogP contribution in [0.4, 0.5) is 0 Å². The Labute approximate surface area is 140 Å². The van der Waals surface area contributed by atoms with E-state index in [4.69, 9.17) is 22.1 Å². The third-order valence-electron chi connectivity index (χ3n) is 4.43. The summed E-state index contributed by atoms with van der Waals surface area (Å²) < 4.78 is 5.71. The van der Waals surface area contributed by atoms with Crippen molar-refractivity contribution < 1.29 is 9.53 Å². The van der Waals surface area contributed by atoms with E-state index in [0.29, 0.717) is 29.4 Å². The summed E-state index contributed by atoms with van der Waals surface area (Å²) in [6.07, 6.45) is 2.61. The molecule has 0 aliphatic carbocycles. The number of hydrogen-bond donors (Lipinski definition) is 1. The summed E-state index contributed by atoms with van der Waals surface area (Å²) >= 11 is 6.16. The maximum Gasteiger partial charge on any atom is 0.260 e. The van der Waals surface area contributed by atoms with Gasteiger partial charge in [-0.15, -0.1) is 0 Å². The number of halogens is 1. The van der Waals surface area contributed by atoms with Gasteiger partial charge in [-0.3, -0.25) is 9.78 Å². The summed E-state index contributed by atoms with van der Waals surface area (Å²) in [5.74, 6) is 0.542. The van der Waals surface area contributed by atoms with Crippen molar-refractivity contribution in [1.29, 1.82) is 0 Å². The van der Waals surface area contributed by atoms with E-state index < -0.39 is 0 Å². The molecule has 122 valence electrons. The number of ether oxygens (including phenoxy) is 1. The van der Waals surface area contributed by atoms with Crippen LogP contribution in [0.15, 0.2) is 30.5 Å². The first kappa shape index (κ1) is 16.0. The van der Waals surface area contributed by atoms with E-state index in [-0.39, 0.29) is 17.9 Å². The van der Waals surface area contributed by atoms with Crippen molar-refractivity contribution in [1.82, 2.24) is 9.88 Å². The fraction of sp³-hybridized carbons (Fsp3) is 0.412. The fourth-order valence-corrected chi connectivity index (χ4v) is 3.08. The number of likely N-dealkylation sites (tertiary alicyclic amines) is 1. The number of rotatable bonds is 4. The van der Waals surface area contributed by atoms with Crippen molar-refractivity contribution in [3.8, 4) is 5.75 Å². The lowest BCUT2D eigenvalue weighted by Crippen LogP contribution is -2.36. The van der Waals surface area contributed by atoms with Crippen LogP contribution in [0.3, 0.4) is 0 Å². The summed E-state index contributed by atoms with van der Waals surface area (Å²) in [6.45, 7) is 4.11. The number of fused-ring (bicyclic) bond motifs is 1. The maximum absolute atomic E-state index is 12.3. The van der Waals surface area contributed by atoms with Gasteiger partial charge >= 0.3 is 0 Å². The molecule has 0 saturated carbocycles. The van der Waals surface area contributed by atoms with Gasteiger partial charge in [-0.2, -0.15) is 0 Å². The molecule has 0 bridgehead atoms. The second kappa shape index (κ2) is 6.34. The number of carbonyl (C=O) groups excluding carboxylic acids is 1. The smallest absolute Gasteiger partial charge is 0.260 e. The van der Waals surface area contributed by atoms with Crippen LogP contribution in [0.2, 0.25) is 5.02 Å². The highest BCUT2D eigenvalue weighted by Gasteiger charge is 2.34. The molecule has 23 heavy (non-hydrogen) atoms. The van der Waals surface area contributed by atoms with Gasteiger partial charge in [-0.25, -0.2) is 0 Å². The highest BCUT2D eigenvalue weighted by atomic mass is 35.5. The van der Waals surface area contributed by atoms with E-state index >= 15 is 0 Å². The van der Waals surface area contributed by atoms with E-state index in [2.05, 4.69) is 11.9 Å². The molecule has 1 saturated heterocycles. The molecule has 2 heterocycles. The van der Waals surface area contributed by atoms with Crippen LogP contribution in [-0.4, -0.2) is 42.0 Å². The molecule has 1 aliphatic heterocycles. The summed E-state index contributed by atoms with van der Waals surface area (Å²) in [5, 5.41) is 1.43. The maximum atomic E-state index is 12.3. The summed E-state index contributed by atoms with van der Waals surface area (Å²) in [7, 11) is 0. The van der Waals surface area contributed by atoms with Crippen LogP contribution < -0.4 is 10.5 Å². The van der Waals surface area contributed by atoms with Crippen LogP contribution >= 0.6 is 11.6 Å². The Bertz CT molecular complexity index is 737. The molecule has 2 aromatic rings. The Hall–Kier alpha value is -1.85. The highest BCUT2D eigenvalue weighted by Crippen LogP contribution is 2.30. The average Bonchev–Trinajstić information content (AvgIpc) is 2.97. The van der Waals surface area contributed by atoms with Gasteiger partial charge in [-0.1, -0.05) is 18.5 Å². The van der Waals surface area contributed by atoms with Crippen molar-refractivity contribution in [2.75, 3.05) is 26.2 Å². The quantitative estimate of drug-likeness (QED) is 0.933. The Morgan fingerprint density at radius 2 is 2.30 bits per heavy atom. The Balaban J connectivity index is 1.70. The van der Waals surface area contributed by atoms with Crippen LogP contribution in [-0.2, 0) is 4.79 Å². The van der Waals surface area contributed by atoms with Crippen LogP contribution in [0, 0.1) is 5.41 Å². The molecule has 1 unspecified atom stereocenters. The normalized spacial score (nSPS) is 20.9. The van der Waals surface area contributed by atoms with E-state index in [1.165, 1.54) is 0 Å². The predicted octanol–water partition coefficient (Wildman–Crippen LogP) is 2.46. The zero-order valence-electron chi connectivity index (χ0n) is 13.1. The molecule has 1 aromatic heterocycles. The molecule has 1 amide bonds. The molecule has 1 aliphatic rings. The molecule has 1 aromatic carbocycles. The monoisotopic (exact) mass is 333 g/mol. The second-order valence-corrected chi connectivity index (χ2v) is 6.72. The van der Waals surface area contributed by atoms with Crippen LogP contribution in [0.25, 0.3) is 10.9 Å². The third kappa shape index (κ3) is 3.26. The summed E-state index contributed by atoms with van der Waals surface area (Å²) in [5.41, 5.74) is 6.47. The summed E-state index contributed by atoms with van der Waals surface area (Å²) in [6, 6.07) is 7.21. The molecule has 1 atom stereocenters. The van der Waals surface area contributed by atoms with Gasteiger partial charge in [0.15, 0.2) is 6.61 Å². The van der Waals surface area contributed by atoms with E-state index in [1.807, 2.05) is 17.0 Å². The lowest BCUT2D eigenvalue weighted by molar-refractivity contribution is -0.132. The number of nitrogens with zero attached hydrogens (tertiary/aromatic N) is 2. The van der Waals surface area contributed by atoms with Gasteiger partial charge in [0.2, 0.25) is 0 Å². The van der Waals surface area contributed by atoms with Crippen LogP contribution in [0.1, 0.15) is 13.3 Å². The number of hydrogen-bond acceptors (Lipinski definition) is 4. The standard InChI is InChI=1S/C17H20ClN3O2/c1-17(10-19)6-8-21(11-17)15(22)9-23-14-5-4-13(18)12-3-2-7-20-16(12)14/h2-5,7H,6,8-11,19H2,1H3. The number of benzene rings is 1. The molecule has 0 radical (unpaired) electrons. The van der Waals surface area contributed by atoms with Crippen LogP contribution in [0.5, 0.6) is 5.75 Å². The molecule has 0 spiro atoms. The van der Waals surface area contributed by atoms with E-state index in [9.17, 15) is 4.79 Å². The molecule has 2 N–H and O–H groups in total. The molecular formula is C17H20ClN3O2. The van der Waals surface area contributed by atoms with Gasteiger partial charge in [0.25, 0.3) is 5.91 Å². The zero-order chi connectivity index (χ0) is 16.4.